The molecule has 3 rings (SSSR count). The standard InChI is InChI=1S/C19H21ClN4O4S/c1-12-10-23(16-9-15(20)21-19(22-16)29-11-17(25)26)6-7-24(12)18(27)13-4-3-5-14(8-13)28-2/h3-5,8-9,12H,6-7,10-11H2,1-2H3,(H,25,26). The predicted octanol–water partition coefficient (Wildman–Crippen LogP) is 2.67. The molecule has 0 saturated carbocycles. The monoisotopic (exact) mass is 436 g/mol. The van der Waals surface area contributed by atoms with E-state index in [1.54, 1.807) is 37.4 Å². The highest BCUT2D eigenvalue weighted by Crippen LogP contribution is 2.25. The van der Waals surface area contributed by atoms with E-state index < -0.39 is 5.97 Å². The lowest BCUT2D eigenvalue weighted by molar-refractivity contribution is -0.133. The fraction of sp³-hybridized carbons (Fsp3) is 0.368. The summed E-state index contributed by atoms with van der Waals surface area (Å²) < 4.78 is 5.21. The van der Waals surface area contributed by atoms with Crippen molar-refractivity contribution in [3.63, 3.8) is 0 Å². The van der Waals surface area contributed by atoms with E-state index >= 15 is 0 Å². The van der Waals surface area contributed by atoms with Crippen LogP contribution in [0.3, 0.4) is 0 Å². The maximum absolute atomic E-state index is 12.9. The third-order valence-corrected chi connectivity index (χ3v) is 5.54. The molecule has 1 saturated heterocycles. The van der Waals surface area contributed by atoms with Gasteiger partial charge in [0.05, 0.1) is 12.9 Å². The first-order valence-electron chi connectivity index (χ1n) is 8.96. The summed E-state index contributed by atoms with van der Waals surface area (Å²) in [5.41, 5.74) is 0.585. The molecule has 2 heterocycles. The molecule has 1 atom stereocenters. The van der Waals surface area contributed by atoms with Crippen LogP contribution in [0, 0.1) is 0 Å². The first-order chi connectivity index (χ1) is 13.9. The van der Waals surface area contributed by atoms with Crippen LogP contribution in [0.1, 0.15) is 17.3 Å². The number of carboxylic acid groups (broad SMARTS) is 1. The lowest BCUT2D eigenvalue weighted by atomic mass is 10.1. The number of carboxylic acids is 1. The summed E-state index contributed by atoms with van der Waals surface area (Å²) in [6.45, 7) is 3.66. The van der Waals surface area contributed by atoms with Crippen LogP contribution in [0.2, 0.25) is 5.15 Å². The summed E-state index contributed by atoms with van der Waals surface area (Å²) in [4.78, 5) is 36.1. The van der Waals surface area contributed by atoms with E-state index in [1.165, 1.54) is 0 Å². The van der Waals surface area contributed by atoms with Crippen molar-refractivity contribution in [2.24, 2.45) is 0 Å². The average Bonchev–Trinajstić information content (AvgIpc) is 2.71. The number of benzene rings is 1. The number of methoxy groups -OCH3 is 1. The van der Waals surface area contributed by atoms with E-state index in [0.717, 1.165) is 11.8 Å². The Balaban J connectivity index is 1.71. The van der Waals surface area contributed by atoms with E-state index in [4.69, 9.17) is 21.4 Å². The van der Waals surface area contributed by atoms with Gasteiger partial charge >= 0.3 is 5.97 Å². The first-order valence-corrected chi connectivity index (χ1v) is 10.3. The third-order valence-electron chi connectivity index (χ3n) is 4.51. The molecule has 1 aliphatic heterocycles. The number of ether oxygens (including phenoxy) is 1. The zero-order valence-corrected chi connectivity index (χ0v) is 17.6. The number of anilines is 1. The van der Waals surface area contributed by atoms with Crippen LogP contribution in [0.15, 0.2) is 35.5 Å². The molecule has 29 heavy (non-hydrogen) atoms. The van der Waals surface area contributed by atoms with Crippen LogP contribution in [0.5, 0.6) is 5.75 Å². The molecule has 0 bridgehead atoms. The minimum Gasteiger partial charge on any atom is -0.497 e. The second-order valence-corrected chi connectivity index (χ2v) is 7.87. The second-order valence-electron chi connectivity index (χ2n) is 6.54. The van der Waals surface area contributed by atoms with Gasteiger partial charge in [0.2, 0.25) is 0 Å². The number of nitrogens with zero attached hydrogens (tertiary/aromatic N) is 4. The van der Waals surface area contributed by atoms with Crippen LogP contribution in [-0.4, -0.2) is 70.4 Å². The van der Waals surface area contributed by atoms with Crippen molar-refractivity contribution in [2.75, 3.05) is 37.4 Å². The quantitative estimate of drug-likeness (QED) is 0.419. The van der Waals surface area contributed by atoms with Gasteiger partial charge in [-0.25, -0.2) is 9.97 Å². The molecular formula is C19H21ClN4O4S. The van der Waals surface area contributed by atoms with Gasteiger partial charge in [-0.1, -0.05) is 29.4 Å². The van der Waals surface area contributed by atoms with Crippen molar-refractivity contribution >= 4 is 41.1 Å². The number of aromatic nitrogens is 2. The molecule has 1 aromatic carbocycles. The van der Waals surface area contributed by atoms with Crippen LogP contribution in [-0.2, 0) is 4.79 Å². The maximum Gasteiger partial charge on any atom is 0.313 e. The molecule has 1 amide bonds. The fourth-order valence-corrected chi connectivity index (χ4v) is 3.93. The predicted molar refractivity (Wildman–Crippen MR) is 111 cm³/mol. The molecule has 10 heteroatoms. The Labute approximate surface area is 177 Å². The number of hydrogen-bond donors (Lipinski definition) is 1. The molecule has 1 fully saturated rings. The summed E-state index contributed by atoms with van der Waals surface area (Å²) in [7, 11) is 1.57. The Morgan fingerprint density at radius 2 is 2.10 bits per heavy atom. The molecule has 154 valence electrons. The summed E-state index contributed by atoms with van der Waals surface area (Å²) in [5, 5.41) is 9.41. The number of rotatable bonds is 6. The van der Waals surface area contributed by atoms with E-state index in [-0.39, 0.29) is 22.9 Å². The molecule has 0 spiro atoms. The molecule has 1 aliphatic rings. The van der Waals surface area contributed by atoms with Crippen LogP contribution in [0.4, 0.5) is 5.82 Å². The summed E-state index contributed by atoms with van der Waals surface area (Å²) in [5.74, 6) is 0.134. The maximum atomic E-state index is 12.9. The van der Waals surface area contributed by atoms with Crippen molar-refractivity contribution in [2.45, 2.75) is 18.1 Å². The van der Waals surface area contributed by atoms with Gasteiger partial charge in [0, 0.05) is 37.3 Å². The number of carbonyl (C=O) groups is 2. The van der Waals surface area contributed by atoms with Gasteiger partial charge in [-0.05, 0) is 25.1 Å². The first kappa shape index (κ1) is 21.2. The van der Waals surface area contributed by atoms with Crippen molar-refractivity contribution in [3.05, 3.63) is 41.0 Å². The molecule has 1 unspecified atom stereocenters. The SMILES string of the molecule is COc1cccc(C(=O)N2CCN(c3cc(Cl)nc(SCC(=O)O)n3)CC2C)c1. The normalized spacial score (nSPS) is 16.6. The molecular weight excluding hydrogens is 416 g/mol. The van der Waals surface area contributed by atoms with Gasteiger partial charge in [-0.2, -0.15) is 0 Å². The molecule has 1 N–H and O–H groups in total. The van der Waals surface area contributed by atoms with Crippen molar-refractivity contribution in [3.8, 4) is 5.75 Å². The van der Waals surface area contributed by atoms with E-state index in [1.807, 2.05) is 16.7 Å². The highest BCUT2D eigenvalue weighted by molar-refractivity contribution is 7.99. The number of hydrogen-bond acceptors (Lipinski definition) is 7. The van der Waals surface area contributed by atoms with Gasteiger partial charge in [0.15, 0.2) is 5.16 Å². The summed E-state index contributed by atoms with van der Waals surface area (Å²) >= 11 is 7.11. The zero-order valence-electron chi connectivity index (χ0n) is 16.0. The largest absolute Gasteiger partial charge is 0.497 e. The van der Waals surface area contributed by atoms with E-state index in [0.29, 0.717) is 41.9 Å². The number of carbonyl (C=O) groups excluding carboxylic acids is 1. The fourth-order valence-electron chi connectivity index (χ4n) is 3.13. The van der Waals surface area contributed by atoms with Crippen molar-refractivity contribution < 1.29 is 19.4 Å². The molecule has 1 aromatic heterocycles. The number of aliphatic carboxylic acids is 1. The number of piperazine rings is 1. The lowest BCUT2D eigenvalue weighted by Crippen LogP contribution is -2.54. The number of amides is 1. The Morgan fingerprint density at radius 3 is 2.79 bits per heavy atom. The van der Waals surface area contributed by atoms with E-state index in [9.17, 15) is 9.59 Å². The van der Waals surface area contributed by atoms with Crippen molar-refractivity contribution in [1.82, 2.24) is 14.9 Å². The second kappa shape index (κ2) is 9.32. The Morgan fingerprint density at radius 1 is 1.31 bits per heavy atom. The Bertz CT molecular complexity index is 914. The minimum absolute atomic E-state index is 0.0468. The Kier molecular flexibility index (Phi) is 6.81. The minimum atomic E-state index is -0.946. The zero-order chi connectivity index (χ0) is 21.0. The third kappa shape index (κ3) is 5.30. The molecule has 0 aliphatic carbocycles. The highest BCUT2D eigenvalue weighted by Gasteiger charge is 2.29. The van der Waals surface area contributed by atoms with Crippen LogP contribution in [0.25, 0.3) is 0 Å². The van der Waals surface area contributed by atoms with Gasteiger partial charge < -0.3 is 19.6 Å². The van der Waals surface area contributed by atoms with Gasteiger partial charge in [-0.3, -0.25) is 9.59 Å². The molecule has 8 nitrogen and oxygen atoms in total. The summed E-state index contributed by atoms with van der Waals surface area (Å²) in [6, 6.07) is 8.71. The van der Waals surface area contributed by atoms with E-state index in [2.05, 4.69) is 9.97 Å². The van der Waals surface area contributed by atoms with Gasteiger partial charge in [0.1, 0.15) is 16.7 Å². The van der Waals surface area contributed by atoms with Crippen LogP contribution >= 0.6 is 23.4 Å². The van der Waals surface area contributed by atoms with Crippen molar-refractivity contribution in [1.29, 1.82) is 0 Å². The Hall–Kier alpha value is -2.52. The number of halogens is 1. The average molecular weight is 437 g/mol. The summed E-state index contributed by atoms with van der Waals surface area (Å²) in [6.07, 6.45) is 0. The van der Waals surface area contributed by atoms with Crippen LogP contribution < -0.4 is 9.64 Å². The van der Waals surface area contributed by atoms with Gasteiger partial charge in [0.25, 0.3) is 5.91 Å². The molecule has 2 aromatic rings. The van der Waals surface area contributed by atoms with Gasteiger partial charge in [-0.15, -0.1) is 0 Å². The molecule has 0 radical (unpaired) electrons. The topological polar surface area (TPSA) is 95.9 Å². The lowest BCUT2D eigenvalue weighted by Gasteiger charge is -2.40. The highest BCUT2D eigenvalue weighted by atomic mass is 35.5. The smallest absolute Gasteiger partial charge is 0.313 e. The number of thioether (sulfide) groups is 1.